The van der Waals surface area contributed by atoms with Crippen LogP contribution in [-0.2, 0) is 10.4 Å². The number of carbonyl (C=O) groups is 1. The molecule has 1 atom stereocenters. The highest BCUT2D eigenvalue weighted by molar-refractivity contribution is 7.10. The Labute approximate surface area is 160 Å². The SMILES string of the molecule is CCN(CC)CCN(C)C(=O)C(O)(c1ccccc1)c1cccs1.Cl. The van der Waals surface area contributed by atoms with E-state index in [0.29, 0.717) is 17.0 Å². The summed E-state index contributed by atoms with van der Waals surface area (Å²) in [4.78, 5) is 17.7. The summed E-state index contributed by atoms with van der Waals surface area (Å²) in [6.45, 7) is 7.50. The molecule has 1 unspecified atom stereocenters. The maximum Gasteiger partial charge on any atom is 0.264 e. The Balaban J connectivity index is 0.00000312. The normalized spacial score (nSPS) is 13.2. The van der Waals surface area contributed by atoms with Gasteiger partial charge in [-0.05, 0) is 30.1 Å². The van der Waals surface area contributed by atoms with Gasteiger partial charge in [-0.15, -0.1) is 23.7 Å². The van der Waals surface area contributed by atoms with Crippen molar-refractivity contribution in [3.8, 4) is 0 Å². The first-order valence-electron chi connectivity index (χ1n) is 8.33. The van der Waals surface area contributed by atoms with E-state index in [2.05, 4.69) is 18.7 Å². The molecule has 1 aromatic carbocycles. The third-order valence-electron chi connectivity index (χ3n) is 4.37. The van der Waals surface area contributed by atoms with Gasteiger partial charge in [0.15, 0.2) is 0 Å². The van der Waals surface area contributed by atoms with Crippen LogP contribution in [0.25, 0.3) is 0 Å². The molecule has 0 aliphatic heterocycles. The van der Waals surface area contributed by atoms with Crippen LogP contribution >= 0.6 is 23.7 Å². The van der Waals surface area contributed by atoms with Gasteiger partial charge in [-0.1, -0.05) is 50.2 Å². The Morgan fingerprint density at radius 3 is 2.24 bits per heavy atom. The number of rotatable bonds is 8. The molecule has 0 spiro atoms. The molecule has 25 heavy (non-hydrogen) atoms. The predicted molar refractivity (Wildman–Crippen MR) is 106 cm³/mol. The number of hydrogen-bond acceptors (Lipinski definition) is 4. The first-order valence-corrected chi connectivity index (χ1v) is 9.21. The minimum Gasteiger partial charge on any atom is -0.371 e. The molecule has 6 heteroatoms. The Morgan fingerprint density at radius 1 is 1.08 bits per heavy atom. The molecule has 0 saturated heterocycles. The van der Waals surface area contributed by atoms with Crippen molar-refractivity contribution in [2.24, 2.45) is 0 Å². The van der Waals surface area contributed by atoms with Gasteiger partial charge in [-0.2, -0.15) is 0 Å². The first kappa shape index (κ1) is 21.6. The summed E-state index contributed by atoms with van der Waals surface area (Å²) in [6, 6.07) is 12.8. The van der Waals surface area contributed by atoms with Crippen LogP contribution in [-0.4, -0.2) is 54.0 Å². The lowest BCUT2D eigenvalue weighted by Gasteiger charge is -2.32. The van der Waals surface area contributed by atoms with E-state index in [-0.39, 0.29) is 18.3 Å². The van der Waals surface area contributed by atoms with E-state index >= 15 is 0 Å². The Kier molecular flexibility index (Phi) is 8.59. The van der Waals surface area contributed by atoms with Crippen molar-refractivity contribution in [2.45, 2.75) is 19.4 Å². The zero-order valence-corrected chi connectivity index (χ0v) is 16.6. The lowest BCUT2D eigenvalue weighted by atomic mass is 9.90. The second-order valence-corrected chi connectivity index (χ2v) is 6.76. The van der Waals surface area contributed by atoms with Crippen molar-refractivity contribution in [1.82, 2.24) is 9.80 Å². The number of carbonyl (C=O) groups excluding carboxylic acids is 1. The molecule has 2 rings (SSSR count). The molecule has 1 amide bonds. The summed E-state index contributed by atoms with van der Waals surface area (Å²) < 4.78 is 0. The van der Waals surface area contributed by atoms with E-state index in [9.17, 15) is 9.90 Å². The molecule has 138 valence electrons. The highest BCUT2D eigenvalue weighted by Gasteiger charge is 2.42. The topological polar surface area (TPSA) is 43.8 Å². The van der Waals surface area contributed by atoms with E-state index in [0.717, 1.165) is 19.6 Å². The molecule has 0 bridgehead atoms. The Bertz CT molecular complexity index is 632. The average Bonchev–Trinajstić information content (AvgIpc) is 3.17. The monoisotopic (exact) mass is 382 g/mol. The maximum absolute atomic E-state index is 13.1. The van der Waals surface area contributed by atoms with Gasteiger partial charge in [0.1, 0.15) is 0 Å². The van der Waals surface area contributed by atoms with Crippen molar-refractivity contribution >= 4 is 29.7 Å². The summed E-state index contributed by atoms with van der Waals surface area (Å²) in [7, 11) is 1.76. The molecule has 0 radical (unpaired) electrons. The van der Waals surface area contributed by atoms with Gasteiger partial charge in [-0.25, -0.2) is 0 Å². The van der Waals surface area contributed by atoms with Crippen LogP contribution in [0.5, 0.6) is 0 Å². The zero-order chi connectivity index (χ0) is 17.6. The van der Waals surface area contributed by atoms with Crippen LogP contribution < -0.4 is 0 Å². The summed E-state index contributed by atoms with van der Waals surface area (Å²) in [5, 5.41) is 13.2. The van der Waals surface area contributed by atoms with Crippen LogP contribution in [0.1, 0.15) is 24.3 Å². The minimum absolute atomic E-state index is 0. The van der Waals surface area contributed by atoms with E-state index in [1.54, 1.807) is 24.1 Å². The maximum atomic E-state index is 13.1. The number of thiophene rings is 1. The van der Waals surface area contributed by atoms with Crippen molar-refractivity contribution in [1.29, 1.82) is 0 Å². The van der Waals surface area contributed by atoms with Crippen LogP contribution in [0.3, 0.4) is 0 Å². The van der Waals surface area contributed by atoms with Crippen molar-refractivity contribution in [3.05, 3.63) is 58.3 Å². The third-order valence-corrected chi connectivity index (χ3v) is 5.35. The number of likely N-dealkylation sites (N-methyl/N-ethyl adjacent to an activating group) is 2. The minimum atomic E-state index is -1.63. The summed E-state index contributed by atoms with van der Waals surface area (Å²) in [5.41, 5.74) is -1.03. The molecule has 1 aromatic heterocycles. The number of hydrogen-bond donors (Lipinski definition) is 1. The van der Waals surface area contributed by atoms with Gasteiger partial charge in [0, 0.05) is 20.1 Å². The molecule has 2 aromatic rings. The van der Waals surface area contributed by atoms with Crippen LogP contribution in [0.4, 0.5) is 0 Å². The second kappa shape index (κ2) is 9.92. The summed E-state index contributed by atoms with van der Waals surface area (Å²) in [6.07, 6.45) is 0. The van der Waals surface area contributed by atoms with E-state index in [4.69, 9.17) is 0 Å². The highest BCUT2D eigenvalue weighted by atomic mass is 35.5. The molecular formula is C19H27ClN2O2S. The van der Waals surface area contributed by atoms with Crippen LogP contribution in [0, 0.1) is 0 Å². The molecule has 0 fully saturated rings. The predicted octanol–water partition coefficient (Wildman–Crippen LogP) is 3.21. The number of amides is 1. The number of nitrogens with zero attached hydrogens (tertiary/aromatic N) is 2. The Hall–Kier alpha value is -1.40. The quantitative estimate of drug-likeness (QED) is 0.762. The lowest BCUT2D eigenvalue weighted by Crippen LogP contribution is -2.47. The first-order chi connectivity index (χ1) is 11.5. The van der Waals surface area contributed by atoms with Gasteiger partial charge in [0.25, 0.3) is 5.91 Å². The molecule has 4 nitrogen and oxygen atoms in total. The standard InChI is InChI=1S/C19H26N2O2S.ClH/c1-4-21(5-2)14-13-20(3)18(22)19(23,17-12-9-15-24-17)16-10-7-6-8-11-16;/h6-12,15,23H,4-5,13-14H2,1-3H3;1H. The number of aliphatic hydroxyl groups is 1. The highest BCUT2D eigenvalue weighted by Crippen LogP contribution is 2.34. The fraction of sp³-hybridized carbons (Fsp3) is 0.421. The van der Waals surface area contributed by atoms with E-state index < -0.39 is 5.60 Å². The van der Waals surface area contributed by atoms with E-state index in [1.165, 1.54) is 11.3 Å². The largest absolute Gasteiger partial charge is 0.371 e. The molecular weight excluding hydrogens is 356 g/mol. The van der Waals surface area contributed by atoms with E-state index in [1.807, 2.05) is 35.7 Å². The van der Waals surface area contributed by atoms with Gasteiger partial charge in [0.05, 0.1) is 4.88 Å². The van der Waals surface area contributed by atoms with Crippen molar-refractivity contribution < 1.29 is 9.90 Å². The van der Waals surface area contributed by atoms with Gasteiger partial charge in [0.2, 0.25) is 5.60 Å². The molecule has 0 aliphatic rings. The van der Waals surface area contributed by atoms with Crippen LogP contribution in [0.15, 0.2) is 47.8 Å². The molecule has 0 saturated carbocycles. The summed E-state index contributed by atoms with van der Waals surface area (Å²) >= 11 is 1.40. The molecule has 1 heterocycles. The van der Waals surface area contributed by atoms with Crippen LogP contribution in [0.2, 0.25) is 0 Å². The zero-order valence-electron chi connectivity index (χ0n) is 15.0. The molecule has 0 aliphatic carbocycles. The second-order valence-electron chi connectivity index (χ2n) is 5.81. The smallest absolute Gasteiger partial charge is 0.264 e. The van der Waals surface area contributed by atoms with Gasteiger partial charge in [-0.3, -0.25) is 4.79 Å². The third kappa shape index (κ3) is 4.82. The van der Waals surface area contributed by atoms with Crippen molar-refractivity contribution in [3.63, 3.8) is 0 Å². The van der Waals surface area contributed by atoms with Gasteiger partial charge < -0.3 is 14.9 Å². The lowest BCUT2D eigenvalue weighted by molar-refractivity contribution is -0.146. The van der Waals surface area contributed by atoms with Crippen molar-refractivity contribution in [2.75, 3.05) is 33.2 Å². The summed E-state index contributed by atoms with van der Waals surface area (Å²) in [5.74, 6) is -0.289. The fourth-order valence-corrected chi connectivity index (χ4v) is 3.58. The molecule has 1 N–H and O–H groups in total. The van der Waals surface area contributed by atoms with Gasteiger partial charge >= 0.3 is 0 Å². The number of halogens is 1. The average molecular weight is 383 g/mol. The Morgan fingerprint density at radius 2 is 1.72 bits per heavy atom. The fourth-order valence-electron chi connectivity index (χ4n) is 2.74. The number of benzene rings is 1.